The highest BCUT2D eigenvalue weighted by molar-refractivity contribution is 9.10. The van der Waals surface area contributed by atoms with Gasteiger partial charge in [-0.15, -0.1) is 0 Å². The Balaban J connectivity index is 2.43. The summed E-state index contributed by atoms with van der Waals surface area (Å²) in [7, 11) is 0. The maximum absolute atomic E-state index is 6.09. The number of benzene rings is 1. The number of rotatable bonds is 3. The highest BCUT2D eigenvalue weighted by Gasteiger charge is 2.08. The highest BCUT2D eigenvalue weighted by Crippen LogP contribution is 2.24. The van der Waals surface area contributed by atoms with E-state index in [0.717, 1.165) is 27.7 Å². The van der Waals surface area contributed by atoms with E-state index in [1.165, 1.54) is 0 Å². The van der Waals surface area contributed by atoms with E-state index in [9.17, 15) is 0 Å². The minimum atomic E-state index is 0.501. The summed E-state index contributed by atoms with van der Waals surface area (Å²) < 4.78 is 1.08. The summed E-state index contributed by atoms with van der Waals surface area (Å²) in [6, 6.07) is 7.92. The van der Waals surface area contributed by atoms with Crippen molar-refractivity contribution in [1.29, 1.82) is 0 Å². The van der Waals surface area contributed by atoms with Gasteiger partial charge in [-0.05, 0) is 43.0 Å². The second-order valence-corrected chi connectivity index (χ2v) is 6.31. The van der Waals surface area contributed by atoms with Crippen LogP contribution in [0.4, 0.5) is 0 Å². The van der Waals surface area contributed by atoms with Gasteiger partial charge in [0.25, 0.3) is 0 Å². The van der Waals surface area contributed by atoms with Crippen LogP contribution in [0.25, 0.3) is 11.4 Å². The lowest BCUT2D eigenvalue weighted by Gasteiger charge is -2.08. The fraction of sp³-hybridized carbons (Fsp3) is 0.333. The lowest BCUT2D eigenvalue weighted by atomic mass is 10.1. The fourth-order valence-corrected chi connectivity index (χ4v) is 2.35. The largest absolute Gasteiger partial charge is 0.233 e. The molecule has 0 spiro atoms. The summed E-state index contributed by atoms with van der Waals surface area (Å²) in [6.45, 7) is 6.38. The number of hydrogen-bond acceptors (Lipinski definition) is 2. The number of hydrogen-bond donors (Lipinski definition) is 0. The van der Waals surface area contributed by atoms with Crippen LogP contribution in [0.2, 0.25) is 5.15 Å². The Morgan fingerprint density at radius 2 is 1.95 bits per heavy atom. The molecule has 2 nitrogen and oxygen atoms in total. The molecule has 0 amide bonds. The van der Waals surface area contributed by atoms with Crippen molar-refractivity contribution in [3.63, 3.8) is 0 Å². The van der Waals surface area contributed by atoms with E-state index >= 15 is 0 Å². The third kappa shape index (κ3) is 3.77. The molecule has 0 aliphatic rings. The molecule has 19 heavy (non-hydrogen) atoms. The quantitative estimate of drug-likeness (QED) is 0.730. The lowest BCUT2D eigenvalue weighted by Crippen LogP contribution is -2.00. The average molecular weight is 340 g/mol. The molecule has 0 saturated heterocycles. The maximum atomic E-state index is 6.09. The van der Waals surface area contributed by atoms with Gasteiger partial charge in [0.05, 0.1) is 0 Å². The molecule has 1 aromatic carbocycles. The van der Waals surface area contributed by atoms with Crippen LogP contribution in [0.5, 0.6) is 0 Å². The number of aryl methyl sites for hydroxylation is 1. The minimum absolute atomic E-state index is 0.501. The topological polar surface area (TPSA) is 25.8 Å². The molecular weight excluding hydrogens is 324 g/mol. The third-order valence-electron chi connectivity index (χ3n) is 2.78. The van der Waals surface area contributed by atoms with Crippen molar-refractivity contribution in [3.8, 4) is 11.4 Å². The van der Waals surface area contributed by atoms with Crippen LogP contribution < -0.4 is 0 Å². The molecule has 0 fully saturated rings. The first-order valence-corrected chi connectivity index (χ1v) is 7.43. The lowest BCUT2D eigenvalue weighted by molar-refractivity contribution is 0.634. The van der Waals surface area contributed by atoms with Crippen LogP contribution in [0, 0.1) is 12.8 Å². The van der Waals surface area contributed by atoms with Crippen LogP contribution in [-0.4, -0.2) is 9.97 Å². The number of aromatic nitrogens is 2. The van der Waals surface area contributed by atoms with Gasteiger partial charge in [0.15, 0.2) is 5.82 Å². The third-order valence-corrected chi connectivity index (χ3v) is 3.86. The van der Waals surface area contributed by atoms with Crippen molar-refractivity contribution in [2.75, 3.05) is 0 Å². The van der Waals surface area contributed by atoms with E-state index < -0.39 is 0 Å². The van der Waals surface area contributed by atoms with E-state index in [0.29, 0.717) is 16.9 Å². The predicted octanol–water partition coefficient (Wildman–Crippen LogP) is 5.07. The Hall–Kier alpha value is -0.930. The number of halogens is 2. The predicted molar refractivity (Wildman–Crippen MR) is 83.5 cm³/mol. The Bertz CT molecular complexity index is 597. The van der Waals surface area contributed by atoms with E-state index in [4.69, 9.17) is 11.6 Å². The van der Waals surface area contributed by atoms with Gasteiger partial charge < -0.3 is 0 Å². The summed E-state index contributed by atoms with van der Waals surface area (Å²) >= 11 is 9.59. The van der Waals surface area contributed by atoms with Crippen molar-refractivity contribution in [3.05, 3.63) is 45.1 Å². The van der Waals surface area contributed by atoms with Gasteiger partial charge in [0, 0.05) is 15.7 Å². The molecular formula is C15H16BrClN2. The molecule has 0 atom stereocenters. The van der Waals surface area contributed by atoms with Crippen molar-refractivity contribution < 1.29 is 0 Å². The summed E-state index contributed by atoms with van der Waals surface area (Å²) in [4.78, 5) is 8.93. The molecule has 4 heteroatoms. The van der Waals surface area contributed by atoms with Gasteiger partial charge in [-0.1, -0.05) is 47.4 Å². The van der Waals surface area contributed by atoms with Gasteiger partial charge in [-0.3, -0.25) is 0 Å². The summed E-state index contributed by atoms with van der Waals surface area (Å²) in [5.41, 5.74) is 3.14. The first kappa shape index (κ1) is 14.5. The Morgan fingerprint density at radius 1 is 1.21 bits per heavy atom. The van der Waals surface area contributed by atoms with Crippen LogP contribution >= 0.6 is 27.5 Å². The smallest absolute Gasteiger partial charge is 0.161 e. The molecule has 0 N–H and O–H groups in total. The molecule has 0 unspecified atom stereocenters. The molecule has 0 saturated carbocycles. The molecule has 0 aliphatic heterocycles. The molecule has 0 bridgehead atoms. The van der Waals surface area contributed by atoms with Crippen molar-refractivity contribution >= 4 is 27.5 Å². The Labute approximate surface area is 127 Å². The van der Waals surface area contributed by atoms with Crippen LogP contribution in [0.15, 0.2) is 28.7 Å². The zero-order valence-electron chi connectivity index (χ0n) is 11.2. The molecule has 2 aromatic rings. The average Bonchev–Trinajstić information content (AvgIpc) is 2.31. The van der Waals surface area contributed by atoms with E-state index in [2.05, 4.69) is 45.8 Å². The molecule has 0 radical (unpaired) electrons. The molecule has 1 heterocycles. The van der Waals surface area contributed by atoms with Gasteiger partial charge in [-0.25, -0.2) is 9.97 Å². The standard InChI is InChI=1S/C15H16BrClN2/c1-9(2)6-12-8-14(17)19-15(18-12)11-4-5-13(16)10(3)7-11/h4-5,7-9H,6H2,1-3H3. The van der Waals surface area contributed by atoms with Crippen molar-refractivity contribution in [2.45, 2.75) is 27.2 Å². The van der Waals surface area contributed by atoms with E-state index in [1.807, 2.05) is 25.1 Å². The minimum Gasteiger partial charge on any atom is -0.233 e. The monoisotopic (exact) mass is 338 g/mol. The van der Waals surface area contributed by atoms with Gasteiger partial charge in [0.1, 0.15) is 5.15 Å². The highest BCUT2D eigenvalue weighted by atomic mass is 79.9. The summed E-state index contributed by atoms with van der Waals surface area (Å²) in [5, 5.41) is 0.501. The van der Waals surface area contributed by atoms with Crippen molar-refractivity contribution in [1.82, 2.24) is 9.97 Å². The molecule has 2 rings (SSSR count). The van der Waals surface area contributed by atoms with Crippen LogP contribution in [0.3, 0.4) is 0 Å². The van der Waals surface area contributed by atoms with E-state index in [1.54, 1.807) is 0 Å². The zero-order valence-corrected chi connectivity index (χ0v) is 13.6. The fourth-order valence-electron chi connectivity index (χ4n) is 1.90. The molecule has 1 aromatic heterocycles. The van der Waals surface area contributed by atoms with Gasteiger partial charge >= 0.3 is 0 Å². The first-order chi connectivity index (χ1) is 8.95. The summed E-state index contributed by atoms with van der Waals surface area (Å²) in [6.07, 6.45) is 0.907. The van der Waals surface area contributed by atoms with Crippen LogP contribution in [-0.2, 0) is 6.42 Å². The normalized spacial score (nSPS) is 11.1. The summed E-state index contributed by atoms with van der Waals surface area (Å²) in [5.74, 6) is 1.24. The van der Waals surface area contributed by atoms with E-state index in [-0.39, 0.29) is 0 Å². The Morgan fingerprint density at radius 3 is 2.58 bits per heavy atom. The second kappa shape index (κ2) is 6.02. The van der Waals surface area contributed by atoms with Gasteiger partial charge in [-0.2, -0.15) is 0 Å². The van der Waals surface area contributed by atoms with Gasteiger partial charge in [0.2, 0.25) is 0 Å². The van der Waals surface area contributed by atoms with Crippen LogP contribution in [0.1, 0.15) is 25.1 Å². The van der Waals surface area contributed by atoms with Crippen molar-refractivity contribution in [2.24, 2.45) is 5.92 Å². The Kier molecular flexibility index (Phi) is 4.58. The SMILES string of the molecule is Cc1cc(-c2nc(Cl)cc(CC(C)C)n2)ccc1Br. The second-order valence-electron chi connectivity index (χ2n) is 5.07. The molecule has 100 valence electrons. The first-order valence-electron chi connectivity index (χ1n) is 6.25. The number of nitrogens with zero attached hydrogens (tertiary/aromatic N) is 2. The zero-order chi connectivity index (χ0) is 14.0. The molecule has 0 aliphatic carbocycles. The maximum Gasteiger partial charge on any atom is 0.161 e.